The Morgan fingerprint density at radius 1 is 1.12 bits per heavy atom. The SMILES string of the molecule is CC(NC(C)C(C)(C)C)c1cc(Cl)ccc1Cl. The van der Waals surface area contributed by atoms with Crippen molar-refractivity contribution in [3.8, 4) is 0 Å². The normalized spacial score (nSPS) is 15.7. The second-order valence-corrected chi connectivity index (χ2v) is 6.49. The summed E-state index contributed by atoms with van der Waals surface area (Å²) in [4.78, 5) is 0. The average Bonchev–Trinajstić information content (AvgIpc) is 2.20. The minimum absolute atomic E-state index is 0.190. The van der Waals surface area contributed by atoms with Crippen LogP contribution in [0.15, 0.2) is 18.2 Å². The van der Waals surface area contributed by atoms with Crippen molar-refractivity contribution in [2.45, 2.75) is 46.7 Å². The first kappa shape index (κ1) is 14.8. The molecule has 0 aliphatic heterocycles. The topological polar surface area (TPSA) is 12.0 Å². The average molecular weight is 274 g/mol. The Hall–Kier alpha value is -0.240. The van der Waals surface area contributed by atoms with E-state index < -0.39 is 0 Å². The highest BCUT2D eigenvalue weighted by molar-refractivity contribution is 6.33. The standard InChI is InChI=1S/C14H21Cl2N/c1-9(17-10(2)14(3,4)5)12-8-11(15)6-7-13(12)16/h6-10,17H,1-5H3. The monoisotopic (exact) mass is 273 g/mol. The van der Waals surface area contributed by atoms with Gasteiger partial charge in [0.15, 0.2) is 0 Å². The lowest BCUT2D eigenvalue weighted by molar-refractivity contribution is 0.268. The summed E-state index contributed by atoms with van der Waals surface area (Å²) in [6, 6.07) is 6.17. The molecule has 0 spiro atoms. The fraction of sp³-hybridized carbons (Fsp3) is 0.571. The lowest BCUT2D eigenvalue weighted by Crippen LogP contribution is -2.39. The van der Waals surface area contributed by atoms with Crippen LogP contribution in [0.3, 0.4) is 0 Å². The van der Waals surface area contributed by atoms with E-state index in [9.17, 15) is 0 Å². The maximum atomic E-state index is 6.19. The van der Waals surface area contributed by atoms with Crippen LogP contribution >= 0.6 is 23.2 Å². The van der Waals surface area contributed by atoms with Crippen molar-refractivity contribution in [3.05, 3.63) is 33.8 Å². The second kappa shape index (κ2) is 5.60. The van der Waals surface area contributed by atoms with E-state index in [2.05, 4.69) is 39.9 Å². The highest BCUT2D eigenvalue weighted by atomic mass is 35.5. The van der Waals surface area contributed by atoms with Gasteiger partial charge in [-0.05, 0) is 43.0 Å². The second-order valence-electron chi connectivity index (χ2n) is 5.64. The molecule has 0 saturated carbocycles. The van der Waals surface area contributed by atoms with Crippen LogP contribution in [-0.2, 0) is 0 Å². The van der Waals surface area contributed by atoms with Crippen LogP contribution in [0.2, 0.25) is 10.0 Å². The number of nitrogens with one attached hydrogen (secondary N) is 1. The molecule has 0 aliphatic rings. The van der Waals surface area contributed by atoms with E-state index in [1.807, 2.05) is 18.2 Å². The first-order chi connectivity index (χ1) is 7.71. The van der Waals surface area contributed by atoms with Crippen molar-refractivity contribution >= 4 is 23.2 Å². The zero-order chi connectivity index (χ0) is 13.2. The Morgan fingerprint density at radius 3 is 2.24 bits per heavy atom. The van der Waals surface area contributed by atoms with Gasteiger partial charge in [-0.3, -0.25) is 0 Å². The lowest BCUT2D eigenvalue weighted by atomic mass is 9.87. The molecule has 17 heavy (non-hydrogen) atoms. The number of rotatable bonds is 3. The molecular weight excluding hydrogens is 253 g/mol. The van der Waals surface area contributed by atoms with Gasteiger partial charge in [0.1, 0.15) is 0 Å². The van der Waals surface area contributed by atoms with Gasteiger partial charge >= 0.3 is 0 Å². The molecule has 1 aromatic rings. The molecule has 0 saturated heterocycles. The van der Waals surface area contributed by atoms with Gasteiger partial charge in [-0.25, -0.2) is 0 Å². The van der Waals surface area contributed by atoms with E-state index in [4.69, 9.17) is 23.2 Å². The van der Waals surface area contributed by atoms with Crippen LogP contribution in [0, 0.1) is 5.41 Å². The zero-order valence-corrected chi connectivity index (χ0v) is 12.7. The first-order valence-electron chi connectivity index (χ1n) is 5.93. The van der Waals surface area contributed by atoms with Crippen molar-refractivity contribution in [3.63, 3.8) is 0 Å². The van der Waals surface area contributed by atoms with Gasteiger partial charge in [-0.1, -0.05) is 44.0 Å². The lowest BCUT2D eigenvalue weighted by Gasteiger charge is -2.31. The molecule has 0 radical (unpaired) electrons. The third-order valence-electron chi connectivity index (χ3n) is 3.22. The molecule has 1 aromatic carbocycles. The summed E-state index contributed by atoms with van der Waals surface area (Å²) in [6.07, 6.45) is 0. The van der Waals surface area contributed by atoms with Crippen molar-refractivity contribution < 1.29 is 0 Å². The molecule has 96 valence electrons. The van der Waals surface area contributed by atoms with E-state index in [-0.39, 0.29) is 11.5 Å². The summed E-state index contributed by atoms with van der Waals surface area (Å²) in [5.74, 6) is 0. The minimum Gasteiger partial charge on any atom is -0.307 e. The third kappa shape index (κ3) is 4.17. The number of hydrogen-bond acceptors (Lipinski definition) is 1. The molecule has 0 bridgehead atoms. The zero-order valence-electron chi connectivity index (χ0n) is 11.1. The smallest absolute Gasteiger partial charge is 0.0454 e. The van der Waals surface area contributed by atoms with Crippen molar-refractivity contribution in [2.24, 2.45) is 5.41 Å². The van der Waals surface area contributed by atoms with E-state index in [0.29, 0.717) is 6.04 Å². The molecule has 2 unspecified atom stereocenters. The molecule has 0 amide bonds. The van der Waals surface area contributed by atoms with Crippen LogP contribution in [0.4, 0.5) is 0 Å². The highest BCUT2D eigenvalue weighted by Gasteiger charge is 2.22. The van der Waals surface area contributed by atoms with Gasteiger partial charge in [0.25, 0.3) is 0 Å². The maximum Gasteiger partial charge on any atom is 0.0454 e. The predicted octanol–water partition coefficient (Wildman–Crippen LogP) is 5.08. The highest BCUT2D eigenvalue weighted by Crippen LogP contribution is 2.28. The van der Waals surface area contributed by atoms with E-state index in [1.54, 1.807) is 0 Å². The summed E-state index contributed by atoms with van der Waals surface area (Å²) in [5.41, 5.74) is 1.27. The Kier molecular flexibility index (Phi) is 4.88. The maximum absolute atomic E-state index is 6.19. The summed E-state index contributed by atoms with van der Waals surface area (Å²) >= 11 is 12.2. The van der Waals surface area contributed by atoms with E-state index in [0.717, 1.165) is 15.6 Å². The predicted molar refractivity (Wildman–Crippen MR) is 76.9 cm³/mol. The van der Waals surface area contributed by atoms with Crippen LogP contribution < -0.4 is 5.32 Å². The largest absolute Gasteiger partial charge is 0.307 e. The number of halogens is 2. The van der Waals surface area contributed by atoms with Gasteiger partial charge in [0, 0.05) is 22.1 Å². The van der Waals surface area contributed by atoms with Gasteiger partial charge in [0.05, 0.1) is 0 Å². The van der Waals surface area contributed by atoms with E-state index in [1.165, 1.54) is 0 Å². The first-order valence-corrected chi connectivity index (χ1v) is 6.68. The quantitative estimate of drug-likeness (QED) is 0.810. The Bertz CT molecular complexity index is 382. The Labute approximate surface area is 115 Å². The van der Waals surface area contributed by atoms with Crippen LogP contribution in [0.1, 0.15) is 46.2 Å². The molecule has 0 fully saturated rings. The summed E-state index contributed by atoms with van der Waals surface area (Å²) in [6.45, 7) is 11.0. The van der Waals surface area contributed by atoms with Gasteiger partial charge in [-0.2, -0.15) is 0 Å². The van der Waals surface area contributed by atoms with Gasteiger partial charge < -0.3 is 5.32 Å². The van der Waals surface area contributed by atoms with Crippen molar-refractivity contribution in [2.75, 3.05) is 0 Å². The molecular formula is C14H21Cl2N. The molecule has 1 rings (SSSR count). The van der Waals surface area contributed by atoms with Crippen molar-refractivity contribution in [1.29, 1.82) is 0 Å². The fourth-order valence-corrected chi connectivity index (χ4v) is 2.02. The summed E-state index contributed by atoms with van der Waals surface area (Å²) < 4.78 is 0. The van der Waals surface area contributed by atoms with Crippen LogP contribution in [0.25, 0.3) is 0 Å². The van der Waals surface area contributed by atoms with E-state index >= 15 is 0 Å². The molecule has 2 atom stereocenters. The molecule has 0 heterocycles. The molecule has 0 aromatic heterocycles. The number of benzene rings is 1. The summed E-state index contributed by atoms with van der Waals surface area (Å²) in [7, 11) is 0. The molecule has 0 aliphatic carbocycles. The van der Waals surface area contributed by atoms with Crippen LogP contribution in [0.5, 0.6) is 0 Å². The molecule has 1 N–H and O–H groups in total. The molecule has 3 heteroatoms. The molecule has 1 nitrogen and oxygen atoms in total. The summed E-state index contributed by atoms with van der Waals surface area (Å²) in [5, 5.41) is 5.04. The Balaban J connectivity index is 2.83. The van der Waals surface area contributed by atoms with Gasteiger partial charge in [0.2, 0.25) is 0 Å². The third-order valence-corrected chi connectivity index (χ3v) is 3.80. The van der Waals surface area contributed by atoms with Crippen molar-refractivity contribution in [1.82, 2.24) is 5.32 Å². The Morgan fingerprint density at radius 2 is 1.71 bits per heavy atom. The minimum atomic E-state index is 0.190. The fourth-order valence-electron chi connectivity index (χ4n) is 1.56. The van der Waals surface area contributed by atoms with Gasteiger partial charge in [-0.15, -0.1) is 0 Å². The number of hydrogen-bond donors (Lipinski definition) is 1. The van der Waals surface area contributed by atoms with Crippen LogP contribution in [-0.4, -0.2) is 6.04 Å².